The number of thiazole rings is 1. The Morgan fingerprint density at radius 2 is 2.62 bits per heavy atom. The maximum atomic E-state index is 11.3. The third kappa shape index (κ3) is 3.06. The molecule has 0 fully saturated rings. The van der Waals surface area contributed by atoms with Gasteiger partial charge in [0, 0.05) is 0 Å². The SMILES string of the molecule is CC[C@@H](N)C(=O)Nc1ncc(Br)s1. The van der Waals surface area contributed by atoms with E-state index in [1.54, 1.807) is 6.20 Å². The molecule has 0 saturated heterocycles. The third-order valence-corrected chi connectivity index (χ3v) is 2.88. The van der Waals surface area contributed by atoms with Crippen molar-refractivity contribution in [3.8, 4) is 0 Å². The molecule has 1 aromatic heterocycles. The first-order valence-electron chi connectivity index (χ1n) is 3.81. The Bertz CT molecular complexity index is 302. The van der Waals surface area contributed by atoms with Crippen molar-refractivity contribution in [1.82, 2.24) is 4.98 Å². The molecule has 1 amide bonds. The number of hydrogen-bond acceptors (Lipinski definition) is 4. The molecule has 72 valence electrons. The van der Waals surface area contributed by atoms with Crippen molar-refractivity contribution in [2.45, 2.75) is 19.4 Å². The lowest BCUT2D eigenvalue weighted by Crippen LogP contribution is -2.34. The number of carbonyl (C=O) groups excluding carboxylic acids is 1. The Hall–Kier alpha value is -0.460. The van der Waals surface area contributed by atoms with Gasteiger partial charge >= 0.3 is 0 Å². The van der Waals surface area contributed by atoms with Crippen LogP contribution in [0.25, 0.3) is 0 Å². The van der Waals surface area contributed by atoms with Crippen molar-refractivity contribution in [2.75, 3.05) is 5.32 Å². The van der Waals surface area contributed by atoms with Gasteiger partial charge in [-0.1, -0.05) is 18.3 Å². The monoisotopic (exact) mass is 263 g/mol. The molecule has 0 radical (unpaired) electrons. The third-order valence-electron chi connectivity index (χ3n) is 1.48. The van der Waals surface area contributed by atoms with Gasteiger partial charge in [-0.05, 0) is 22.4 Å². The number of nitrogens with zero attached hydrogens (tertiary/aromatic N) is 1. The molecule has 1 atom stereocenters. The lowest BCUT2D eigenvalue weighted by atomic mass is 10.2. The summed E-state index contributed by atoms with van der Waals surface area (Å²) in [5, 5.41) is 3.20. The van der Waals surface area contributed by atoms with Gasteiger partial charge in [0.1, 0.15) is 0 Å². The second kappa shape index (κ2) is 4.69. The number of amides is 1. The van der Waals surface area contributed by atoms with Crippen molar-refractivity contribution in [3.05, 3.63) is 9.98 Å². The predicted molar refractivity (Wildman–Crippen MR) is 56.7 cm³/mol. The fourth-order valence-corrected chi connectivity index (χ4v) is 1.81. The van der Waals surface area contributed by atoms with Crippen LogP contribution in [-0.2, 0) is 4.79 Å². The van der Waals surface area contributed by atoms with Gasteiger partial charge in [-0.2, -0.15) is 0 Å². The van der Waals surface area contributed by atoms with E-state index in [1.807, 2.05) is 6.92 Å². The summed E-state index contributed by atoms with van der Waals surface area (Å²) in [6, 6.07) is -0.456. The van der Waals surface area contributed by atoms with Crippen molar-refractivity contribution in [2.24, 2.45) is 5.73 Å². The van der Waals surface area contributed by atoms with Gasteiger partial charge in [0.15, 0.2) is 5.13 Å². The highest BCUT2D eigenvalue weighted by molar-refractivity contribution is 9.11. The molecule has 0 saturated carbocycles. The normalized spacial score (nSPS) is 12.5. The van der Waals surface area contributed by atoms with Crippen LogP contribution in [-0.4, -0.2) is 16.9 Å². The second-order valence-electron chi connectivity index (χ2n) is 2.47. The summed E-state index contributed by atoms with van der Waals surface area (Å²) in [6.45, 7) is 1.86. The molecule has 3 N–H and O–H groups in total. The van der Waals surface area contributed by atoms with Crippen molar-refractivity contribution in [3.63, 3.8) is 0 Å². The molecule has 4 nitrogen and oxygen atoms in total. The van der Waals surface area contributed by atoms with Gasteiger partial charge in [0.25, 0.3) is 0 Å². The molecular weight excluding hydrogens is 254 g/mol. The van der Waals surface area contributed by atoms with E-state index in [1.165, 1.54) is 11.3 Å². The highest BCUT2D eigenvalue weighted by atomic mass is 79.9. The number of carbonyl (C=O) groups is 1. The molecule has 1 heterocycles. The summed E-state index contributed by atoms with van der Waals surface area (Å²) < 4.78 is 0.882. The number of rotatable bonds is 3. The molecule has 0 spiro atoms. The maximum Gasteiger partial charge on any atom is 0.243 e. The molecule has 6 heteroatoms. The largest absolute Gasteiger partial charge is 0.320 e. The zero-order valence-electron chi connectivity index (χ0n) is 7.08. The Labute approximate surface area is 88.7 Å². The minimum atomic E-state index is -0.456. The van der Waals surface area contributed by atoms with E-state index in [4.69, 9.17) is 5.73 Å². The Morgan fingerprint density at radius 1 is 1.92 bits per heavy atom. The lowest BCUT2D eigenvalue weighted by molar-refractivity contribution is -0.117. The van der Waals surface area contributed by atoms with E-state index in [2.05, 4.69) is 26.2 Å². The van der Waals surface area contributed by atoms with E-state index >= 15 is 0 Å². The summed E-state index contributed by atoms with van der Waals surface area (Å²) in [6.07, 6.45) is 2.26. The minimum Gasteiger partial charge on any atom is -0.320 e. The molecule has 0 unspecified atom stereocenters. The van der Waals surface area contributed by atoms with Crippen LogP contribution in [0.15, 0.2) is 9.98 Å². The van der Waals surface area contributed by atoms with Crippen LogP contribution in [0.5, 0.6) is 0 Å². The summed E-state index contributed by atoms with van der Waals surface area (Å²) in [7, 11) is 0. The zero-order valence-corrected chi connectivity index (χ0v) is 9.48. The number of nitrogens with two attached hydrogens (primary N) is 1. The van der Waals surface area contributed by atoms with Crippen LogP contribution in [0.1, 0.15) is 13.3 Å². The molecule has 0 aliphatic rings. The van der Waals surface area contributed by atoms with Gasteiger partial charge < -0.3 is 11.1 Å². The standard InChI is InChI=1S/C7H10BrN3OS/c1-2-4(9)6(12)11-7-10-3-5(8)13-7/h3-4H,2,9H2,1H3,(H,10,11,12)/t4-/m1/s1. The lowest BCUT2D eigenvalue weighted by Gasteiger charge is -2.06. The van der Waals surface area contributed by atoms with Crippen LogP contribution in [0.4, 0.5) is 5.13 Å². The zero-order chi connectivity index (χ0) is 9.84. The Morgan fingerprint density at radius 3 is 3.08 bits per heavy atom. The van der Waals surface area contributed by atoms with E-state index in [0.717, 1.165) is 3.79 Å². The Balaban J connectivity index is 2.54. The van der Waals surface area contributed by atoms with Crippen LogP contribution in [0, 0.1) is 0 Å². The quantitative estimate of drug-likeness (QED) is 0.870. The molecule has 13 heavy (non-hydrogen) atoms. The van der Waals surface area contributed by atoms with E-state index in [0.29, 0.717) is 11.6 Å². The van der Waals surface area contributed by atoms with Gasteiger partial charge in [0.2, 0.25) is 5.91 Å². The van der Waals surface area contributed by atoms with Gasteiger partial charge in [-0.3, -0.25) is 4.79 Å². The maximum absolute atomic E-state index is 11.3. The number of aromatic nitrogens is 1. The minimum absolute atomic E-state index is 0.190. The van der Waals surface area contributed by atoms with Gasteiger partial charge in [-0.25, -0.2) is 4.98 Å². The highest BCUT2D eigenvalue weighted by Crippen LogP contribution is 2.23. The summed E-state index contributed by atoms with van der Waals surface area (Å²) in [4.78, 5) is 15.2. The van der Waals surface area contributed by atoms with Crippen LogP contribution < -0.4 is 11.1 Å². The topological polar surface area (TPSA) is 68.0 Å². The number of halogens is 1. The first kappa shape index (κ1) is 10.6. The average molecular weight is 264 g/mol. The van der Waals surface area contributed by atoms with E-state index < -0.39 is 6.04 Å². The molecule has 0 aliphatic carbocycles. The van der Waals surface area contributed by atoms with Crippen molar-refractivity contribution in [1.29, 1.82) is 0 Å². The van der Waals surface area contributed by atoms with Gasteiger partial charge in [-0.15, -0.1) is 0 Å². The molecule has 0 aliphatic heterocycles. The predicted octanol–water partition coefficient (Wildman–Crippen LogP) is 1.58. The summed E-state index contributed by atoms with van der Waals surface area (Å²) in [5.41, 5.74) is 5.52. The number of anilines is 1. The number of hydrogen-bond donors (Lipinski definition) is 2. The fourth-order valence-electron chi connectivity index (χ4n) is 0.696. The molecule has 1 rings (SSSR count). The molecule has 0 bridgehead atoms. The highest BCUT2D eigenvalue weighted by Gasteiger charge is 2.12. The fraction of sp³-hybridized carbons (Fsp3) is 0.429. The van der Waals surface area contributed by atoms with Crippen LogP contribution >= 0.6 is 27.3 Å². The first-order valence-corrected chi connectivity index (χ1v) is 5.42. The first-order chi connectivity index (χ1) is 6.13. The van der Waals surface area contributed by atoms with Crippen molar-refractivity contribution >= 4 is 38.3 Å². The van der Waals surface area contributed by atoms with Crippen LogP contribution in [0.3, 0.4) is 0 Å². The van der Waals surface area contributed by atoms with E-state index in [9.17, 15) is 4.79 Å². The van der Waals surface area contributed by atoms with Gasteiger partial charge in [0.05, 0.1) is 16.0 Å². The molecule has 0 aromatic carbocycles. The Kier molecular flexibility index (Phi) is 3.83. The average Bonchev–Trinajstić information content (AvgIpc) is 2.49. The van der Waals surface area contributed by atoms with Crippen LogP contribution in [0.2, 0.25) is 0 Å². The molecule has 1 aromatic rings. The van der Waals surface area contributed by atoms with Crippen molar-refractivity contribution < 1.29 is 4.79 Å². The molecular formula is C7H10BrN3OS. The summed E-state index contributed by atoms with van der Waals surface area (Å²) >= 11 is 4.61. The van der Waals surface area contributed by atoms with E-state index in [-0.39, 0.29) is 5.91 Å². The second-order valence-corrected chi connectivity index (χ2v) is 4.88. The summed E-state index contributed by atoms with van der Waals surface area (Å²) in [5.74, 6) is -0.190. The smallest absolute Gasteiger partial charge is 0.243 e. The number of nitrogens with one attached hydrogen (secondary N) is 1.